The molecule has 1 unspecified atom stereocenters. The number of anilines is 1. The Morgan fingerprint density at radius 1 is 1.18 bits per heavy atom. The second-order valence-corrected chi connectivity index (χ2v) is 7.15. The highest BCUT2D eigenvalue weighted by Crippen LogP contribution is 2.21. The van der Waals surface area contributed by atoms with Crippen molar-refractivity contribution in [1.29, 1.82) is 0 Å². The van der Waals surface area contributed by atoms with Crippen LogP contribution in [0.4, 0.5) is 14.9 Å². The molecular weight excluding hydrogens is 359 g/mol. The van der Waals surface area contributed by atoms with E-state index in [1.165, 1.54) is 22.6 Å². The van der Waals surface area contributed by atoms with E-state index in [0.717, 1.165) is 13.1 Å². The Labute approximate surface area is 164 Å². The molecule has 0 aliphatic carbocycles. The Kier molecular flexibility index (Phi) is 6.60. The van der Waals surface area contributed by atoms with Crippen LogP contribution in [0.15, 0.2) is 54.6 Å². The van der Waals surface area contributed by atoms with Gasteiger partial charge in [0.25, 0.3) is 0 Å². The second-order valence-electron chi connectivity index (χ2n) is 7.15. The number of hydrogen-bond donors (Lipinski definition) is 3. The standard InChI is InChI=1S/C21H25FN4O2/c1-25(14-16-5-3-2-4-6-16)12-11-23-21(28)24-18-13-20(27)26(15-18)19-9-7-17(22)8-10-19/h2-10,18H,11-15H2,1H3,(H2,23,24,28)/p+1/t18-/m0/s1. The summed E-state index contributed by atoms with van der Waals surface area (Å²) in [4.78, 5) is 27.2. The van der Waals surface area contributed by atoms with Crippen LogP contribution in [0, 0.1) is 5.82 Å². The van der Waals surface area contributed by atoms with Crippen LogP contribution < -0.4 is 20.4 Å². The SMILES string of the molecule is C[NH+](CCNC(=O)N[C@H]1CC(=O)N(c2ccc(F)cc2)C1)Cc1ccccc1. The molecule has 2 aromatic carbocycles. The smallest absolute Gasteiger partial charge is 0.315 e. The van der Waals surface area contributed by atoms with Gasteiger partial charge in [0, 0.05) is 24.2 Å². The lowest BCUT2D eigenvalue weighted by Gasteiger charge is -2.18. The second kappa shape index (κ2) is 9.32. The molecule has 0 bridgehead atoms. The van der Waals surface area contributed by atoms with E-state index in [4.69, 9.17) is 0 Å². The highest BCUT2D eigenvalue weighted by atomic mass is 19.1. The molecule has 3 N–H and O–H groups in total. The first-order valence-corrected chi connectivity index (χ1v) is 9.47. The van der Waals surface area contributed by atoms with Crippen molar-refractivity contribution >= 4 is 17.6 Å². The van der Waals surface area contributed by atoms with Crippen molar-refractivity contribution in [3.63, 3.8) is 0 Å². The van der Waals surface area contributed by atoms with Crippen LogP contribution in [0.5, 0.6) is 0 Å². The van der Waals surface area contributed by atoms with Gasteiger partial charge in [-0.2, -0.15) is 0 Å². The van der Waals surface area contributed by atoms with Gasteiger partial charge in [-0.1, -0.05) is 30.3 Å². The molecule has 1 saturated heterocycles. The summed E-state index contributed by atoms with van der Waals surface area (Å²) in [6, 6.07) is 15.5. The third kappa shape index (κ3) is 5.53. The minimum Gasteiger partial charge on any atom is -0.333 e. The van der Waals surface area contributed by atoms with Crippen molar-refractivity contribution in [3.8, 4) is 0 Å². The highest BCUT2D eigenvalue weighted by molar-refractivity contribution is 5.96. The summed E-state index contributed by atoms with van der Waals surface area (Å²) >= 11 is 0. The summed E-state index contributed by atoms with van der Waals surface area (Å²) in [6.07, 6.45) is 0.240. The minimum absolute atomic E-state index is 0.0797. The lowest BCUT2D eigenvalue weighted by atomic mass is 10.2. The maximum absolute atomic E-state index is 13.0. The Morgan fingerprint density at radius 3 is 2.61 bits per heavy atom. The van der Waals surface area contributed by atoms with Crippen molar-refractivity contribution in [1.82, 2.24) is 10.6 Å². The number of nitrogens with one attached hydrogen (secondary N) is 3. The number of amides is 3. The molecule has 0 saturated carbocycles. The van der Waals surface area contributed by atoms with Gasteiger partial charge in [0.15, 0.2) is 0 Å². The topological polar surface area (TPSA) is 65.9 Å². The number of urea groups is 1. The molecule has 1 aliphatic rings. The van der Waals surface area contributed by atoms with E-state index in [9.17, 15) is 14.0 Å². The minimum atomic E-state index is -0.344. The Hall–Kier alpha value is -2.93. The molecule has 7 heteroatoms. The van der Waals surface area contributed by atoms with Gasteiger partial charge >= 0.3 is 6.03 Å². The van der Waals surface area contributed by atoms with E-state index in [-0.39, 0.29) is 30.2 Å². The molecule has 1 heterocycles. The zero-order chi connectivity index (χ0) is 19.9. The van der Waals surface area contributed by atoms with Gasteiger partial charge in [0.1, 0.15) is 12.4 Å². The predicted octanol–water partition coefficient (Wildman–Crippen LogP) is 0.945. The van der Waals surface area contributed by atoms with Crippen LogP contribution in [-0.2, 0) is 11.3 Å². The first-order valence-electron chi connectivity index (χ1n) is 9.47. The number of carbonyl (C=O) groups is 2. The van der Waals surface area contributed by atoms with Crippen LogP contribution in [0.3, 0.4) is 0 Å². The summed E-state index contributed by atoms with van der Waals surface area (Å²) < 4.78 is 13.0. The van der Waals surface area contributed by atoms with Gasteiger partial charge in [-0.15, -0.1) is 0 Å². The predicted molar refractivity (Wildman–Crippen MR) is 106 cm³/mol. The van der Waals surface area contributed by atoms with E-state index in [1.807, 2.05) is 18.2 Å². The van der Waals surface area contributed by atoms with E-state index in [2.05, 4.69) is 29.8 Å². The fourth-order valence-electron chi connectivity index (χ4n) is 3.33. The molecule has 6 nitrogen and oxygen atoms in total. The first-order chi connectivity index (χ1) is 13.5. The number of benzene rings is 2. The molecule has 0 radical (unpaired) electrons. The number of rotatable bonds is 7. The fourth-order valence-corrected chi connectivity index (χ4v) is 3.33. The molecule has 3 rings (SSSR count). The number of nitrogens with zero attached hydrogens (tertiary/aromatic N) is 1. The Bertz CT molecular complexity index is 798. The Balaban J connectivity index is 1.39. The van der Waals surface area contributed by atoms with E-state index in [0.29, 0.717) is 18.8 Å². The summed E-state index contributed by atoms with van der Waals surface area (Å²) in [5, 5.41) is 5.70. The van der Waals surface area contributed by atoms with Crippen molar-refractivity contribution in [3.05, 3.63) is 66.0 Å². The van der Waals surface area contributed by atoms with E-state index in [1.54, 1.807) is 17.0 Å². The summed E-state index contributed by atoms with van der Waals surface area (Å²) in [6.45, 7) is 2.63. The summed E-state index contributed by atoms with van der Waals surface area (Å²) in [5.41, 5.74) is 1.90. The van der Waals surface area contributed by atoms with Gasteiger partial charge in [0.05, 0.1) is 26.2 Å². The monoisotopic (exact) mass is 385 g/mol. The number of halogens is 1. The fraction of sp³-hybridized carbons (Fsp3) is 0.333. The zero-order valence-corrected chi connectivity index (χ0v) is 16.0. The normalized spacial score (nSPS) is 17.4. The number of carbonyl (C=O) groups excluding carboxylic acids is 2. The molecule has 2 atom stereocenters. The molecular formula is C21H26FN4O2+. The molecule has 2 aromatic rings. The average molecular weight is 385 g/mol. The van der Waals surface area contributed by atoms with Crippen LogP contribution >= 0.6 is 0 Å². The first kappa shape index (κ1) is 19.8. The van der Waals surface area contributed by atoms with Gasteiger partial charge in [0.2, 0.25) is 5.91 Å². The summed E-state index contributed by atoms with van der Waals surface area (Å²) in [7, 11) is 2.09. The van der Waals surface area contributed by atoms with Crippen molar-refractivity contribution in [2.75, 3.05) is 31.6 Å². The molecule has 0 spiro atoms. The quantitative estimate of drug-likeness (QED) is 0.664. The molecule has 0 aromatic heterocycles. The van der Waals surface area contributed by atoms with Crippen LogP contribution in [0.2, 0.25) is 0 Å². The third-order valence-corrected chi connectivity index (χ3v) is 4.78. The zero-order valence-electron chi connectivity index (χ0n) is 16.0. The van der Waals surface area contributed by atoms with Crippen LogP contribution in [-0.4, -0.2) is 44.7 Å². The highest BCUT2D eigenvalue weighted by Gasteiger charge is 2.31. The molecule has 28 heavy (non-hydrogen) atoms. The van der Waals surface area contributed by atoms with E-state index < -0.39 is 0 Å². The molecule has 3 amide bonds. The van der Waals surface area contributed by atoms with Crippen LogP contribution in [0.25, 0.3) is 0 Å². The van der Waals surface area contributed by atoms with Crippen molar-refractivity contribution in [2.45, 2.75) is 19.0 Å². The van der Waals surface area contributed by atoms with Crippen molar-refractivity contribution in [2.24, 2.45) is 0 Å². The lowest BCUT2D eigenvalue weighted by molar-refractivity contribution is -0.892. The molecule has 1 aliphatic heterocycles. The number of hydrogen-bond acceptors (Lipinski definition) is 2. The third-order valence-electron chi connectivity index (χ3n) is 4.78. The number of likely N-dealkylation sites (N-methyl/N-ethyl adjacent to an activating group) is 1. The van der Waals surface area contributed by atoms with E-state index >= 15 is 0 Å². The van der Waals surface area contributed by atoms with Gasteiger partial charge in [-0.3, -0.25) is 4.79 Å². The Morgan fingerprint density at radius 2 is 1.89 bits per heavy atom. The lowest BCUT2D eigenvalue weighted by Crippen LogP contribution is -3.08. The largest absolute Gasteiger partial charge is 0.333 e. The van der Waals surface area contributed by atoms with Gasteiger partial charge in [-0.25, -0.2) is 9.18 Å². The maximum atomic E-state index is 13.0. The number of quaternary nitrogens is 1. The van der Waals surface area contributed by atoms with Gasteiger partial charge < -0.3 is 20.4 Å². The molecule has 1 fully saturated rings. The maximum Gasteiger partial charge on any atom is 0.315 e. The van der Waals surface area contributed by atoms with Crippen molar-refractivity contribution < 1.29 is 18.9 Å². The summed E-state index contributed by atoms with van der Waals surface area (Å²) in [5.74, 6) is -0.423. The average Bonchev–Trinajstić information content (AvgIpc) is 3.03. The van der Waals surface area contributed by atoms with Crippen LogP contribution in [0.1, 0.15) is 12.0 Å². The molecule has 148 valence electrons. The van der Waals surface area contributed by atoms with Gasteiger partial charge in [-0.05, 0) is 24.3 Å².